The number of carbonyl (C=O) groups is 1. The molecular weight excluding hydrogens is 240 g/mol. The second-order valence-electron chi connectivity index (χ2n) is 5.03. The maximum atomic E-state index is 12.7. The topological polar surface area (TPSA) is 53.9 Å². The maximum Gasteiger partial charge on any atom is 0.271 e. The molecule has 3 heterocycles. The summed E-state index contributed by atoms with van der Waals surface area (Å²) in [6.07, 6.45) is 6.87. The Bertz CT molecular complexity index is 558. The van der Waals surface area contributed by atoms with Gasteiger partial charge in [-0.2, -0.15) is 5.10 Å². The molecule has 1 saturated heterocycles. The molecule has 0 bridgehead atoms. The molecule has 3 rings (SSSR count). The average molecular weight is 258 g/mol. The van der Waals surface area contributed by atoms with E-state index in [1.165, 1.54) is 0 Å². The third-order valence-corrected chi connectivity index (χ3v) is 3.81. The van der Waals surface area contributed by atoms with E-state index in [1.54, 1.807) is 6.20 Å². The molecule has 19 heavy (non-hydrogen) atoms. The van der Waals surface area contributed by atoms with Crippen LogP contribution >= 0.6 is 0 Å². The van der Waals surface area contributed by atoms with Gasteiger partial charge in [0.25, 0.3) is 5.91 Å². The maximum absolute atomic E-state index is 12.7. The van der Waals surface area contributed by atoms with Crippen LogP contribution in [0.25, 0.3) is 0 Å². The molecular formula is C14H18N4O. The molecule has 2 aromatic heterocycles. The van der Waals surface area contributed by atoms with Crippen molar-refractivity contribution in [1.82, 2.24) is 19.7 Å². The Morgan fingerprint density at radius 1 is 1.42 bits per heavy atom. The zero-order valence-corrected chi connectivity index (χ0v) is 11.0. The van der Waals surface area contributed by atoms with Crippen molar-refractivity contribution >= 4 is 5.91 Å². The molecule has 0 saturated carbocycles. The highest BCUT2D eigenvalue weighted by molar-refractivity contribution is 5.93. The lowest BCUT2D eigenvalue weighted by atomic mass is 9.99. The normalized spacial score (nSPS) is 19.6. The highest BCUT2D eigenvalue weighted by Crippen LogP contribution is 2.30. The Hall–Kier alpha value is -2.04. The monoisotopic (exact) mass is 258 g/mol. The van der Waals surface area contributed by atoms with E-state index in [0.29, 0.717) is 0 Å². The largest absolute Gasteiger partial charge is 0.347 e. The van der Waals surface area contributed by atoms with E-state index >= 15 is 0 Å². The van der Waals surface area contributed by atoms with Crippen molar-refractivity contribution in [2.45, 2.75) is 25.3 Å². The fourth-order valence-electron chi connectivity index (χ4n) is 2.78. The van der Waals surface area contributed by atoms with Gasteiger partial charge >= 0.3 is 0 Å². The molecule has 1 fully saturated rings. The first-order valence-electron chi connectivity index (χ1n) is 6.69. The quantitative estimate of drug-likeness (QED) is 0.897. The van der Waals surface area contributed by atoms with Crippen LogP contribution in [0, 0.1) is 0 Å². The van der Waals surface area contributed by atoms with E-state index in [0.717, 1.165) is 37.2 Å². The number of carbonyl (C=O) groups excluding carboxylic acids is 1. The first kappa shape index (κ1) is 12.0. The lowest BCUT2D eigenvalue weighted by molar-refractivity contribution is 0.0596. The van der Waals surface area contributed by atoms with Gasteiger partial charge in [-0.25, -0.2) is 0 Å². The SMILES string of the molecule is Cn1cccc1C(=O)N1CCCC[C@@H]1c1ccn[nH]1. The van der Waals surface area contributed by atoms with Crippen LogP contribution in [-0.4, -0.2) is 32.1 Å². The molecule has 0 spiro atoms. The molecule has 5 nitrogen and oxygen atoms in total. The highest BCUT2D eigenvalue weighted by Gasteiger charge is 2.30. The Balaban J connectivity index is 1.89. The first-order valence-corrected chi connectivity index (χ1v) is 6.69. The van der Waals surface area contributed by atoms with Gasteiger partial charge in [0.15, 0.2) is 0 Å². The summed E-state index contributed by atoms with van der Waals surface area (Å²) in [6.45, 7) is 0.813. The third-order valence-electron chi connectivity index (χ3n) is 3.81. The predicted octanol–water partition coefficient (Wildman–Crippen LogP) is 2.12. The summed E-state index contributed by atoms with van der Waals surface area (Å²) in [5.74, 6) is 0.104. The Kier molecular flexibility index (Phi) is 3.11. The van der Waals surface area contributed by atoms with E-state index in [9.17, 15) is 4.79 Å². The van der Waals surface area contributed by atoms with E-state index in [-0.39, 0.29) is 11.9 Å². The average Bonchev–Trinajstić information content (AvgIpc) is 3.09. The summed E-state index contributed by atoms with van der Waals surface area (Å²) in [7, 11) is 1.91. The molecule has 0 aliphatic carbocycles. The number of hydrogen-bond acceptors (Lipinski definition) is 2. The van der Waals surface area contributed by atoms with Crippen molar-refractivity contribution in [2.24, 2.45) is 7.05 Å². The van der Waals surface area contributed by atoms with Gasteiger partial charge in [0, 0.05) is 26.0 Å². The van der Waals surface area contributed by atoms with Crippen LogP contribution in [-0.2, 0) is 7.05 Å². The summed E-state index contributed by atoms with van der Waals surface area (Å²) in [5, 5.41) is 7.00. The Morgan fingerprint density at radius 3 is 3.00 bits per heavy atom. The number of aromatic nitrogens is 3. The van der Waals surface area contributed by atoms with Crippen LogP contribution in [0.1, 0.15) is 41.5 Å². The Morgan fingerprint density at radius 2 is 2.32 bits per heavy atom. The molecule has 2 aromatic rings. The number of hydrogen-bond donors (Lipinski definition) is 1. The fraction of sp³-hybridized carbons (Fsp3) is 0.429. The van der Waals surface area contributed by atoms with Gasteiger partial charge in [0.2, 0.25) is 0 Å². The van der Waals surface area contributed by atoms with Gasteiger partial charge in [0.1, 0.15) is 5.69 Å². The molecule has 1 aliphatic heterocycles. The number of likely N-dealkylation sites (tertiary alicyclic amines) is 1. The number of rotatable bonds is 2. The van der Waals surface area contributed by atoms with Gasteiger partial charge < -0.3 is 9.47 Å². The molecule has 0 unspecified atom stereocenters. The van der Waals surface area contributed by atoms with Crippen molar-refractivity contribution in [3.05, 3.63) is 42.0 Å². The zero-order valence-electron chi connectivity index (χ0n) is 11.0. The number of piperidine rings is 1. The molecule has 0 radical (unpaired) electrons. The van der Waals surface area contributed by atoms with E-state index in [2.05, 4.69) is 10.2 Å². The number of amides is 1. The predicted molar refractivity (Wildman–Crippen MR) is 71.6 cm³/mol. The van der Waals surface area contributed by atoms with Crippen molar-refractivity contribution < 1.29 is 4.79 Å². The van der Waals surface area contributed by atoms with Crippen LogP contribution in [0.3, 0.4) is 0 Å². The summed E-state index contributed by atoms with van der Waals surface area (Å²) < 4.78 is 1.88. The summed E-state index contributed by atoms with van der Waals surface area (Å²) in [5.41, 5.74) is 1.77. The summed E-state index contributed by atoms with van der Waals surface area (Å²) in [6, 6.07) is 5.86. The zero-order chi connectivity index (χ0) is 13.2. The second-order valence-corrected chi connectivity index (χ2v) is 5.03. The lowest BCUT2D eigenvalue weighted by Crippen LogP contribution is -2.39. The third kappa shape index (κ3) is 2.16. The van der Waals surface area contributed by atoms with Crippen LogP contribution in [0.4, 0.5) is 0 Å². The number of nitrogens with zero attached hydrogens (tertiary/aromatic N) is 3. The Labute approximate surface area is 112 Å². The number of nitrogens with one attached hydrogen (secondary N) is 1. The van der Waals surface area contributed by atoms with Gasteiger partial charge in [-0.3, -0.25) is 9.89 Å². The smallest absolute Gasteiger partial charge is 0.271 e. The van der Waals surface area contributed by atoms with Gasteiger partial charge in [-0.05, 0) is 37.5 Å². The minimum absolute atomic E-state index is 0.104. The minimum atomic E-state index is 0.104. The molecule has 1 N–H and O–H groups in total. The summed E-state index contributed by atoms with van der Waals surface area (Å²) in [4.78, 5) is 14.6. The van der Waals surface area contributed by atoms with Crippen LogP contribution in [0.5, 0.6) is 0 Å². The van der Waals surface area contributed by atoms with Crippen molar-refractivity contribution in [3.8, 4) is 0 Å². The minimum Gasteiger partial charge on any atom is -0.347 e. The molecule has 1 atom stereocenters. The summed E-state index contributed by atoms with van der Waals surface area (Å²) >= 11 is 0. The van der Waals surface area contributed by atoms with E-state index in [1.807, 2.05) is 40.9 Å². The van der Waals surface area contributed by atoms with Crippen molar-refractivity contribution in [1.29, 1.82) is 0 Å². The van der Waals surface area contributed by atoms with Crippen molar-refractivity contribution in [2.75, 3.05) is 6.54 Å². The molecule has 1 amide bonds. The van der Waals surface area contributed by atoms with Crippen LogP contribution < -0.4 is 0 Å². The number of H-pyrrole nitrogens is 1. The molecule has 1 aliphatic rings. The second kappa shape index (κ2) is 4.91. The van der Waals surface area contributed by atoms with Crippen molar-refractivity contribution in [3.63, 3.8) is 0 Å². The van der Waals surface area contributed by atoms with E-state index in [4.69, 9.17) is 0 Å². The number of aryl methyl sites for hydroxylation is 1. The first-order chi connectivity index (χ1) is 9.27. The van der Waals surface area contributed by atoms with Crippen LogP contribution in [0.2, 0.25) is 0 Å². The standard InChI is InChI=1S/C14H18N4O/c1-17-9-4-6-13(17)14(19)18-10-3-2-5-12(18)11-7-8-15-16-11/h4,6-9,12H,2-3,5,10H2,1H3,(H,15,16)/t12-/m1/s1. The number of aromatic amines is 1. The molecule has 0 aromatic carbocycles. The molecule has 100 valence electrons. The highest BCUT2D eigenvalue weighted by atomic mass is 16.2. The van der Waals surface area contributed by atoms with Gasteiger partial charge in [-0.1, -0.05) is 0 Å². The van der Waals surface area contributed by atoms with E-state index < -0.39 is 0 Å². The van der Waals surface area contributed by atoms with Crippen LogP contribution in [0.15, 0.2) is 30.6 Å². The van der Waals surface area contributed by atoms with Gasteiger partial charge in [0.05, 0.1) is 11.7 Å². The molecule has 5 heteroatoms. The lowest BCUT2D eigenvalue weighted by Gasteiger charge is -2.35. The fourth-order valence-corrected chi connectivity index (χ4v) is 2.78. The van der Waals surface area contributed by atoms with Gasteiger partial charge in [-0.15, -0.1) is 0 Å².